The van der Waals surface area contributed by atoms with Crippen LogP contribution in [0.2, 0.25) is 0 Å². The highest BCUT2D eigenvalue weighted by Crippen LogP contribution is 2.38. The molecule has 0 saturated carbocycles. The number of benzene rings is 1. The van der Waals surface area contributed by atoms with E-state index in [2.05, 4.69) is 0 Å². The van der Waals surface area contributed by atoms with Gasteiger partial charge in [0.05, 0.1) is 23.0 Å². The van der Waals surface area contributed by atoms with E-state index >= 15 is 0 Å². The number of amides is 1. The summed E-state index contributed by atoms with van der Waals surface area (Å²) in [5.74, 6) is 0.167. The Morgan fingerprint density at radius 3 is 2.71 bits per heavy atom. The molecule has 0 bridgehead atoms. The van der Waals surface area contributed by atoms with Gasteiger partial charge in [-0.05, 0) is 68.0 Å². The van der Waals surface area contributed by atoms with Crippen LogP contribution in [0.1, 0.15) is 53.6 Å². The van der Waals surface area contributed by atoms with Crippen molar-refractivity contribution in [3.8, 4) is 0 Å². The van der Waals surface area contributed by atoms with E-state index < -0.39 is 12.1 Å². The fraction of sp³-hybridized carbons (Fsp3) is 0.320. The van der Waals surface area contributed by atoms with Crippen molar-refractivity contribution in [3.05, 3.63) is 65.2 Å². The molecule has 1 aliphatic carbocycles. The molecule has 2 aliphatic rings. The summed E-state index contributed by atoms with van der Waals surface area (Å²) in [5.41, 5.74) is 3.97. The van der Waals surface area contributed by atoms with Crippen molar-refractivity contribution in [2.24, 2.45) is 0 Å². The van der Waals surface area contributed by atoms with E-state index in [1.54, 1.807) is 18.1 Å². The molecule has 1 atom stereocenters. The Morgan fingerprint density at radius 2 is 1.94 bits per heavy atom. The van der Waals surface area contributed by atoms with Gasteiger partial charge in [-0.1, -0.05) is 18.2 Å². The summed E-state index contributed by atoms with van der Waals surface area (Å²) < 4.78 is 11.2. The van der Waals surface area contributed by atoms with Gasteiger partial charge < -0.3 is 14.1 Å². The van der Waals surface area contributed by atoms with E-state index in [9.17, 15) is 9.59 Å². The third kappa shape index (κ3) is 3.63. The molecule has 0 radical (unpaired) electrons. The van der Waals surface area contributed by atoms with Gasteiger partial charge in [0.2, 0.25) is 0 Å². The minimum atomic E-state index is -0.812. The molecule has 0 N–H and O–H groups in total. The zero-order valence-electron chi connectivity index (χ0n) is 17.5. The highest BCUT2D eigenvalue weighted by Gasteiger charge is 2.31. The molecule has 3 heterocycles. The molecule has 1 aliphatic heterocycles. The number of rotatable bonds is 4. The lowest BCUT2D eigenvalue weighted by Crippen LogP contribution is -2.38. The summed E-state index contributed by atoms with van der Waals surface area (Å²) in [6.07, 6.45) is 6.26. The molecule has 158 valence electrons. The van der Waals surface area contributed by atoms with Crippen molar-refractivity contribution in [1.82, 2.24) is 9.88 Å². The van der Waals surface area contributed by atoms with Crippen LogP contribution in [0.5, 0.6) is 0 Å². The van der Waals surface area contributed by atoms with E-state index in [0.29, 0.717) is 12.0 Å². The normalized spacial score (nSPS) is 17.8. The topological polar surface area (TPSA) is 72.6 Å². The molecule has 2 aromatic heterocycles. The molecule has 5 rings (SSSR count). The minimum absolute atomic E-state index is 0.126. The Hall–Kier alpha value is -3.41. The fourth-order valence-electron chi connectivity index (χ4n) is 4.52. The Balaban J connectivity index is 1.52. The van der Waals surface area contributed by atoms with Crippen LogP contribution in [0.3, 0.4) is 0 Å². The van der Waals surface area contributed by atoms with Crippen molar-refractivity contribution in [2.75, 3.05) is 13.1 Å². The molecule has 0 spiro atoms. The zero-order valence-corrected chi connectivity index (χ0v) is 17.5. The zero-order chi connectivity index (χ0) is 21.4. The largest absolute Gasteiger partial charge is 0.465 e. The number of aromatic nitrogens is 1. The van der Waals surface area contributed by atoms with Crippen molar-refractivity contribution in [1.29, 1.82) is 0 Å². The Kier molecular flexibility index (Phi) is 5.06. The minimum Gasteiger partial charge on any atom is -0.465 e. The second-order valence-electron chi connectivity index (χ2n) is 8.10. The van der Waals surface area contributed by atoms with Crippen LogP contribution < -0.4 is 0 Å². The molecule has 1 amide bonds. The number of likely N-dealkylation sites (tertiary alicyclic amines) is 1. The summed E-state index contributed by atoms with van der Waals surface area (Å²) in [4.78, 5) is 32.6. The van der Waals surface area contributed by atoms with Crippen LogP contribution in [0.4, 0.5) is 0 Å². The Bertz CT molecular complexity index is 1170. The predicted octanol–water partition coefficient (Wildman–Crippen LogP) is 4.48. The first-order chi connectivity index (χ1) is 15.1. The third-order valence-electron chi connectivity index (χ3n) is 6.05. The Labute approximate surface area is 180 Å². The molecular weight excluding hydrogens is 392 g/mol. The second-order valence-corrected chi connectivity index (χ2v) is 8.10. The average molecular weight is 416 g/mol. The summed E-state index contributed by atoms with van der Waals surface area (Å²) in [5, 5.41) is 0.756. The van der Waals surface area contributed by atoms with E-state index in [0.717, 1.165) is 65.8 Å². The number of allylic oxidation sites excluding steroid dienone is 1. The fourth-order valence-corrected chi connectivity index (χ4v) is 4.52. The summed E-state index contributed by atoms with van der Waals surface area (Å²) >= 11 is 0. The van der Waals surface area contributed by atoms with Gasteiger partial charge in [-0.15, -0.1) is 0 Å². The molecule has 3 aromatic rings. The van der Waals surface area contributed by atoms with Crippen LogP contribution in [0.25, 0.3) is 22.6 Å². The summed E-state index contributed by atoms with van der Waals surface area (Å²) in [6, 6.07) is 11.3. The van der Waals surface area contributed by atoms with Crippen LogP contribution in [-0.4, -0.2) is 41.0 Å². The molecule has 6 heteroatoms. The number of ether oxygens (including phenoxy) is 1. The van der Waals surface area contributed by atoms with Crippen LogP contribution in [0, 0.1) is 0 Å². The lowest BCUT2D eigenvalue weighted by Gasteiger charge is -2.21. The van der Waals surface area contributed by atoms with Gasteiger partial charge in [0.1, 0.15) is 5.76 Å². The monoisotopic (exact) mass is 416 g/mol. The third-order valence-corrected chi connectivity index (χ3v) is 6.05. The summed E-state index contributed by atoms with van der Waals surface area (Å²) in [7, 11) is 0. The molecule has 6 nitrogen and oxygen atoms in total. The standard InChI is InChI=1S/C25H24N2O4/c1-16(24(28)27-12-4-5-13-27)31-25(29)22-19-8-2-3-9-21(19)26-23-17(10-11-20(22)23)15-18-7-6-14-30-18/h2-3,6-9,14-16H,4-5,10-13H2,1H3/b17-15+/t16-/m0/s1. The number of pyridine rings is 1. The van der Waals surface area contributed by atoms with Gasteiger partial charge in [0, 0.05) is 18.5 Å². The average Bonchev–Trinajstić information content (AvgIpc) is 3.55. The molecule has 1 fully saturated rings. The number of carbonyl (C=O) groups excluding carboxylic acids is 2. The SMILES string of the molecule is C[C@H](OC(=O)c1c2c(nc3ccccc13)/C(=C/c1ccco1)CC2)C(=O)N1CCCC1. The van der Waals surface area contributed by atoms with Crippen molar-refractivity contribution in [2.45, 2.75) is 38.7 Å². The van der Waals surface area contributed by atoms with E-state index in [4.69, 9.17) is 14.1 Å². The smallest absolute Gasteiger partial charge is 0.339 e. The first-order valence-electron chi connectivity index (χ1n) is 10.8. The van der Waals surface area contributed by atoms with E-state index in [1.165, 1.54) is 0 Å². The van der Waals surface area contributed by atoms with Gasteiger partial charge in [0.25, 0.3) is 5.91 Å². The maximum Gasteiger partial charge on any atom is 0.339 e. The van der Waals surface area contributed by atoms with Gasteiger partial charge in [-0.3, -0.25) is 4.79 Å². The van der Waals surface area contributed by atoms with E-state index in [1.807, 2.05) is 42.5 Å². The van der Waals surface area contributed by atoms with Crippen LogP contribution in [0.15, 0.2) is 47.1 Å². The molecule has 31 heavy (non-hydrogen) atoms. The molecule has 1 aromatic carbocycles. The van der Waals surface area contributed by atoms with Gasteiger partial charge >= 0.3 is 5.97 Å². The van der Waals surface area contributed by atoms with Gasteiger partial charge in [0.15, 0.2) is 6.10 Å². The molecule has 0 unspecified atom stereocenters. The number of fused-ring (bicyclic) bond motifs is 2. The number of para-hydroxylation sites is 1. The number of esters is 1. The number of carbonyl (C=O) groups is 2. The second kappa shape index (κ2) is 8.02. The predicted molar refractivity (Wildman–Crippen MR) is 117 cm³/mol. The first-order valence-corrected chi connectivity index (χ1v) is 10.8. The highest BCUT2D eigenvalue weighted by atomic mass is 16.5. The lowest BCUT2D eigenvalue weighted by atomic mass is 10.0. The van der Waals surface area contributed by atoms with Crippen LogP contribution in [-0.2, 0) is 16.0 Å². The van der Waals surface area contributed by atoms with Gasteiger partial charge in [-0.2, -0.15) is 0 Å². The maximum absolute atomic E-state index is 13.3. The number of hydrogen-bond donors (Lipinski definition) is 0. The van der Waals surface area contributed by atoms with Crippen LogP contribution >= 0.6 is 0 Å². The molecular formula is C25H24N2O4. The number of furan rings is 1. The van der Waals surface area contributed by atoms with Crippen molar-refractivity contribution in [3.63, 3.8) is 0 Å². The summed E-state index contributed by atoms with van der Waals surface area (Å²) in [6.45, 7) is 3.12. The quantitative estimate of drug-likeness (QED) is 0.586. The van der Waals surface area contributed by atoms with Gasteiger partial charge in [-0.25, -0.2) is 9.78 Å². The maximum atomic E-state index is 13.3. The highest BCUT2D eigenvalue weighted by molar-refractivity contribution is 6.07. The van der Waals surface area contributed by atoms with Crippen molar-refractivity contribution >= 4 is 34.4 Å². The molecule has 1 saturated heterocycles. The van der Waals surface area contributed by atoms with E-state index in [-0.39, 0.29) is 5.91 Å². The Morgan fingerprint density at radius 1 is 1.13 bits per heavy atom. The van der Waals surface area contributed by atoms with Crippen molar-refractivity contribution < 1.29 is 18.7 Å². The number of hydrogen-bond acceptors (Lipinski definition) is 5. The lowest BCUT2D eigenvalue weighted by molar-refractivity contribution is -0.138. The first kappa shape index (κ1) is 19.5. The number of nitrogens with zero attached hydrogens (tertiary/aromatic N) is 2.